The third-order valence-electron chi connectivity index (χ3n) is 1.25. The second-order valence-corrected chi connectivity index (χ2v) is 2.22. The molecule has 0 aliphatic carbocycles. The summed E-state index contributed by atoms with van der Waals surface area (Å²) in [7, 11) is -2.24. The van der Waals surface area contributed by atoms with Gasteiger partial charge in [-0.15, -0.1) is 0 Å². The number of benzene rings is 1. The van der Waals surface area contributed by atoms with E-state index in [1.165, 1.54) is 0 Å². The van der Waals surface area contributed by atoms with Crippen LogP contribution in [-0.2, 0) is 0 Å². The number of hydrogen-bond acceptors (Lipinski definition) is 3. The van der Waals surface area contributed by atoms with Crippen molar-refractivity contribution in [1.29, 1.82) is 0 Å². The molecule has 1 rings (SSSR count). The molecular formula is C7H7BNa2O3. The van der Waals surface area contributed by atoms with Gasteiger partial charge in [-0.1, -0.05) is 17.7 Å². The molecule has 58 valence electrons. The van der Waals surface area contributed by atoms with Gasteiger partial charge in [0.15, 0.2) is 0 Å². The molecule has 0 bridgehead atoms. The maximum atomic E-state index is 10.0. The molecule has 0 fully saturated rings. The maximum absolute atomic E-state index is 10.0. The Morgan fingerprint density at radius 3 is 1.92 bits per heavy atom. The first-order chi connectivity index (χ1) is 5.18. The minimum Gasteiger partial charge on any atom is -0.860 e. The Morgan fingerprint density at radius 1 is 1.08 bits per heavy atom. The molecule has 0 heterocycles. The SMILES string of the molecule is Cc1ccc(OB([O-])[O-])cc1.[Na+].[Na+]. The zero-order chi connectivity index (χ0) is 8.27. The molecule has 0 atom stereocenters. The summed E-state index contributed by atoms with van der Waals surface area (Å²) in [5, 5.41) is 20.0. The van der Waals surface area contributed by atoms with Crippen LogP contribution >= 0.6 is 0 Å². The molecule has 13 heavy (non-hydrogen) atoms. The fourth-order valence-corrected chi connectivity index (χ4v) is 0.728. The van der Waals surface area contributed by atoms with E-state index >= 15 is 0 Å². The Labute approximate surface area is 122 Å². The summed E-state index contributed by atoms with van der Waals surface area (Å²) in [6, 6.07) is 6.74. The van der Waals surface area contributed by atoms with Gasteiger partial charge in [-0.2, -0.15) is 0 Å². The summed E-state index contributed by atoms with van der Waals surface area (Å²) >= 11 is 0. The number of hydrogen-bond donors (Lipinski definition) is 0. The van der Waals surface area contributed by atoms with Crippen LogP contribution < -0.4 is 73.8 Å². The van der Waals surface area contributed by atoms with Gasteiger partial charge in [0.05, 0.1) is 5.75 Å². The van der Waals surface area contributed by atoms with Crippen LogP contribution in [0.4, 0.5) is 0 Å². The molecule has 0 N–H and O–H groups in total. The van der Waals surface area contributed by atoms with Crippen LogP contribution in [0.3, 0.4) is 0 Å². The van der Waals surface area contributed by atoms with Gasteiger partial charge in [0, 0.05) is 0 Å². The van der Waals surface area contributed by atoms with Crippen LogP contribution in [-0.4, -0.2) is 7.32 Å². The molecule has 0 spiro atoms. The van der Waals surface area contributed by atoms with Gasteiger partial charge in [0.2, 0.25) is 0 Å². The fourth-order valence-electron chi connectivity index (χ4n) is 0.728. The van der Waals surface area contributed by atoms with Gasteiger partial charge < -0.3 is 14.7 Å². The minimum atomic E-state index is -2.24. The van der Waals surface area contributed by atoms with E-state index in [1.807, 2.05) is 6.92 Å². The molecule has 1 aromatic carbocycles. The first kappa shape index (κ1) is 16.4. The van der Waals surface area contributed by atoms with Gasteiger partial charge in [0.1, 0.15) is 7.32 Å². The van der Waals surface area contributed by atoms with Crippen LogP contribution in [0.1, 0.15) is 5.56 Å². The third-order valence-corrected chi connectivity index (χ3v) is 1.25. The van der Waals surface area contributed by atoms with Crippen molar-refractivity contribution in [3.63, 3.8) is 0 Å². The first-order valence-corrected chi connectivity index (χ1v) is 3.23. The Kier molecular flexibility index (Phi) is 10.5. The van der Waals surface area contributed by atoms with E-state index in [0.717, 1.165) is 5.56 Å². The second kappa shape index (κ2) is 8.32. The summed E-state index contributed by atoms with van der Waals surface area (Å²) in [4.78, 5) is 0. The summed E-state index contributed by atoms with van der Waals surface area (Å²) < 4.78 is 4.36. The van der Waals surface area contributed by atoms with E-state index in [9.17, 15) is 10.0 Å². The van der Waals surface area contributed by atoms with Crippen LogP contribution in [0, 0.1) is 6.92 Å². The summed E-state index contributed by atoms with van der Waals surface area (Å²) in [5.74, 6) is 0.325. The molecule has 0 aliphatic heterocycles. The van der Waals surface area contributed by atoms with E-state index in [-0.39, 0.29) is 59.1 Å². The Hall–Kier alpha value is 1.00. The van der Waals surface area contributed by atoms with E-state index in [2.05, 4.69) is 4.65 Å². The van der Waals surface area contributed by atoms with Crippen LogP contribution in [0.2, 0.25) is 0 Å². The monoisotopic (exact) mass is 196 g/mol. The molecule has 0 unspecified atom stereocenters. The molecule has 0 aromatic heterocycles. The Balaban J connectivity index is 0. The maximum Gasteiger partial charge on any atom is 1.00 e. The molecule has 0 radical (unpaired) electrons. The number of aryl methyl sites for hydroxylation is 1. The molecule has 0 amide bonds. The largest absolute Gasteiger partial charge is 1.00 e. The second-order valence-electron chi connectivity index (χ2n) is 2.22. The topological polar surface area (TPSA) is 55.3 Å². The van der Waals surface area contributed by atoms with E-state index in [4.69, 9.17) is 0 Å². The molecule has 0 saturated heterocycles. The van der Waals surface area contributed by atoms with Crippen molar-refractivity contribution in [2.75, 3.05) is 0 Å². The van der Waals surface area contributed by atoms with Crippen LogP contribution in [0.25, 0.3) is 0 Å². The average Bonchev–Trinajstić information content (AvgIpc) is 1.93. The van der Waals surface area contributed by atoms with Gasteiger partial charge in [-0.05, 0) is 19.1 Å². The summed E-state index contributed by atoms with van der Waals surface area (Å²) in [6.07, 6.45) is 0. The van der Waals surface area contributed by atoms with E-state index in [0.29, 0.717) is 5.75 Å². The molecular weight excluding hydrogens is 189 g/mol. The van der Waals surface area contributed by atoms with Gasteiger partial charge in [0.25, 0.3) is 0 Å². The molecule has 0 aliphatic rings. The van der Waals surface area contributed by atoms with Crippen LogP contribution in [0.15, 0.2) is 24.3 Å². The van der Waals surface area contributed by atoms with Crippen molar-refractivity contribution in [2.24, 2.45) is 0 Å². The first-order valence-electron chi connectivity index (χ1n) is 3.23. The van der Waals surface area contributed by atoms with Crippen molar-refractivity contribution in [2.45, 2.75) is 6.92 Å². The molecule has 1 aromatic rings. The normalized spacial score (nSPS) is 7.92. The standard InChI is InChI=1S/C7H7BO3.2Na/c1-6-2-4-7(5-3-6)11-8(9)10;;/h2-5H,1H3;;/q-2;2*+1. The average molecular weight is 196 g/mol. The minimum absolute atomic E-state index is 0. The molecule has 0 saturated carbocycles. The predicted molar refractivity (Wildman–Crippen MR) is 37.6 cm³/mol. The third kappa shape index (κ3) is 7.00. The van der Waals surface area contributed by atoms with E-state index in [1.54, 1.807) is 24.3 Å². The Morgan fingerprint density at radius 2 is 1.54 bits per heavy atom. The van der Waals surface area contributed by atoms with E-state index < -0.39 is 7.32 Å². The quantitative estimate of drug-likeness (QED) is 0.441. The van der Waals surface area contributed by atoms with Gasteiger partial charge in [-0.25, -0.2) is 0 Å². The predicted octanol–water partition coefficient (Wildman–Crippen LogP) is -6.91. The molecule has 6 heteroatoms. The number of rotatable bonds is 2. The summed E-state index contributed by atoms with van der Waals surface area (Å²) in [5.41, 5.74) is 1.06. The van der Waals surface area contributed by atoms with Gasteiger partial charge in [-0.3, -0.25) is 0 Å². The van der Waals surface area contributed by atoms with Crippen LogP contribution in [0.5, 0.6) is 5.75 Å². The van der Waals surface area contributed by atoms with Crippen molar-refractivity contribution in [3.8, 4) is 5.75 Å². The summed E-state index contributed by atoms with van der Waals surface area (Å²) in [6.45, 7) is 1.91. The van der Waals surface area contributed by atoms with Crippen molar-refractivity contribution < 1.29 is 73.8 Å². The smallest absolute Gasteiger partial charge is 0.860 e. The zero-order valence-electron chi connectivity index (χ0n) is 8.11. The fraction of sp³-hybridized carbons (Fsp3) is 0.143. The van der Waals surface area contributed by atoms with Gasteiger partial charge >= 0.3 is 59.1 Å². The van der Waals surface area contributed by atoms with Crippen molar-refractivity contribution in [3.05, 3.63) is 29.8 Å². The zero-order valence-corrected chi connectivity index (χ0v) is 12.1. The van der Waals surface area contributed by atoms with Crippen molar-refractivity contribution in [1.82, 2.24) is 0 Å². The Bertz CT molecular complexity index is 228. The molecule has 3 nitrogen and oxygen atoms in total. The van der Waals surface area contributed by atoms with Crippen molar-refractivity contribution >= 4 is 7.32 Å².